The molecule has 0 amide bonds. The van der Waals surface area contributed by atoms with Gasteiger partial charge in [0.1, 0.15) is 0 Å². The zero-order valence-corrected chi connectivity index (χ0v) is 10.2. The molecule has 1 aliphatic rings. The van der Waals surface area contributed by atoms with Gasteiger partial charge in [-0.2, -0.15) is 0 Å². The Morgan fingerprint density at radius 3 is 2.67 bits per heavy atom. The Labute approximate surface area is 93.6 Å². The van der Waals surface area contributed by atoms with Crippen LogP contribution in [0.25, 0.3) is 0 Å². The average molecular weight is 214 g/mol. The fraction of sp³-hybridized carbons (Fsp3) is 1.00. The molecule has 1 heterocycles. The van der Waals surface area contributed by atoms with Crippen molar-refractivity contribution in [3.05, 3.63) is 0 Å². The third kappa shape index (κ3) is 3.44. The van der Waals surface area contributed by atoms with E-state index in [-0.39, 0.29) is 6.61 Å². The monoisotopic (exact) mass is 214 g/mol. The average Bonchev–Trinajstić information content (AvgIpc) is 2.26. The number of piperidine rings is 1. The standard InChI is InChI=1S/C12H26N2O/c1-3-5-11(4-2)14-8-10(13)6-7-12(14)9-15/h10-12,15H,3-9,13H2,1-2H3/t10-,11?,12+/m0/s1. The van der Waals surface area contributed by atoms with Gasteiger partial charge in [-0.3, -0.25) is 4.90 Å². The van der Waals surface area contributed by atoms with Crippen LogP contribution in [0.15, 0.2) is 0 Å². The summed E-state index contributed by atoms with van der Waals surface area (Å²) in [6, 6.07) is 1.26. The van der Waals surface area contributed by atoms with E-state index in [0.717, 1.165) is 25.8 Å². The first-order valence-corrected chi connectivity index (χ1v) is 6.35. The van der Waals surface area contributed by atoms with Gasteiger partial charge in [0, 0.05) is 24.7 Å². The summed E-state index contributed by atoms with van der Waals surface area (Å²) in [5.41, 5.74) is 6.01. The molecule has 0 aromatic rings. The molecule has 3 N–H and O–H groups in total. The van der Waals surface area contributed by atoms with Crippen LogP contribution in [0.4, 0.5) is 0 Å². The molecule has 0 saturated carbocycles. The van der Waals surface area contributed by atoms with Gasteiger partial charge < -0.3 is 10.8 Å². The van der Waals surface area contributed by atoms with E-state index >= 15 is 0 Å². The molecule has 90 valence electrons. The first kappa shape index (κ1) is 12.9. The quantitative estimate of drug-likeness (QED) is 0.726. The third-order valence-electron chi connectivity index (χ3n) is 3.56. The van der Waals surface area contributed by atoms with Gasteiger partial charge in [0.25, 0.3) is 0 Å². The van der Waals surface area contributed by atoms with Crippen LogP contribution in [0.1, 0.15) is 46.0 Å². The molecule has 0 bridgehead atoms. The lowest BCUT2D eigenvalue weighted by Crippen LogP contribution is -2.54. The molecule has 1 rings (SSSR count). The maximum absolute atomic E-state index is 9.38. The normalized spacial score (nSPS) is 30.4. The van der Waals surface area contributed by atoms with E-state index in [2.05, 4.69) is 18.7 Å². The number of nitrogens with two attached hydrogens (primary N) is 1. The van der Waals surface area contributed by atoms with E-state index in [1.165, 1.54) is 12.8 Å². The summed E-state index contributed by atoms with van der Waals surface area (Å²) < 4.78 is 0. The van der Waals surface area contributed by atoms with Crippen LogP contribution in [0.3, 0.4) is 0 Å². The maximum atomic E-state index is 9.38. The van der Waals surface area contributed by atoms with E-state index < -0.39 is 0 Å². The third-order valence-corrected chi connectivity index (χ3v) is 3.56. The Kier molecular flexibility index (Phi) is 5.58. The summed E-state index contributed by atoms with van der Waals surface area (Å²) in [5.74, 6) is 0. The first-order valence-electron chi connectivity index (χ1n) is 6.35. The van der Waals surface area contributed by atoms with E-state index in [1.807, 2.05) is 0 Å². The molecule has 0 aliphatic carbocycles. The van der Waals surface area contributed by atoms with Crippen LogP contribution in [0.5, 0.6) is 0 Å². The molecule has 1 unspecified atom stereocenters. The molecular weight excluding hydrogens is 188 g/mol. The Morgan fingerprint density at radius 2 is 2.13 bits per heavy atom. The lowest BCUT2D eigenvalue weighted by molar-refractivity contribution is 0.0400. The smallest absolute Gasteiger partial charge is 0.0587 e. The zero-order chi connectivity index (χ0) is 11.3. The molecule has 1 saturated heterocycles. The molecule has 3 atom stereocenters. The van der Waals surface area contributed by atoms with Crippen LogP contribution in [-0.2, 0) is 0 Å². The van der Waals surface area contributed by atoms with Crippen molar-refractivity contribution in [2.24, 2.45) is 5.73 Å². The highest BCUT2D eigenvalue weighted by molar-refractivity contribution is 4.86. The number of likely N-dealkylation sites (tertiary alicyclic amines) is 1. The number of hydrogen-bond acceptors (Lipinski definition) is 3. The van der Waals surface area contributed by atoms with Crippen molar-refractivity contribution in [1.29, 1.82) is 0 Å². The van der Waals surface area contributed by atoms with Gasteiger partial charge in [-0.05, 0) is 25.7 Å². The van der Waals surface area contributed by atoms with Crippen LogP contribution in [0.2, 0.25) is 0 Å². The van der Waals surface area contributed by atoms with E-state index in [0.29, 0.717) is 18.1 Å². The number of aliphatic hydroxyl groups excluding tert-OH is 1. The van der Waals surface area contributed by atoms with Crippen molar-refractivity contribution in [2.45, 2.75) is 64.1 Å². The van der Waals surface area contributed by atoms with Crippen molar-refractivity contribution < 1.29 is 5.11 Å². The van der Waals surface area contributed by atoms with Gasteiger partial charge in [-0.15, -0.1) is 0 Å². The SMILES string of the molecule is CCCC(CC)N1C[C@@H](N)CC[C@@H]1CO. The predicted molar refractivity (Wildman–Crippen MR) is 63.8 cm³/mol. The Bertz CT molecular complexity index is 175. The van der Waals surface area contributed by atoms with Crippen molar-refractivity contribution >= 4 is 0 Å². The number of rotatable bonds is 5. The fourth-order valence-electron chi connectivity index (χ4n) is 2.66. The second kappa shape index (κ2) is 6.46. The molecule has 0 aromatic carbocycles. The molecule has 3 nitrogen and oxygen atoms in total. The van der Waals surface area contributed by atoms with E-state index in [1.54, 1.807) is 0 Å². The van der Waals surface area contributed by atoms with Crippen LogP contribution >= 0.6 is 0 Å². The fourth-order valence-corrected chi connectivity index (χ4v) is 2.66. The molecule has 0 spiro atoms. The number of aliphatic hydroxyl groups is 1. The van der Waals surface area contributed by atoms with Gasteiger partial charge >= 0.3 is 0 Å². The maximum Gasteiger partial charge on any atom is 0.0587 e. The first-order chi connectivity index (χ1) is 7.22. The van der Waals surface area contributed by atoms with E-state index in [9.17, 15) is 5.11 Å². The number of hydrogen-bond donors (Lipinski definition) is 2. The number of nitrogens with zero attached hydrogens (tertiary/aromatic N) is 1. The molecular formula is C12H26N2O. The topological polar surface area (TPSA) is 49.5 Å². The second-order valence-electron chi connectivity index (χ2n) is 4.72. The van der Waals surface area contributed by atoms with Crippen molar-refractivity contribution in [2.75, 3.05) is 13.2 Å². The van der Waals surface area contributed by atoms with Crippen molar-refractivity contribution in [3.63, 3.8) is 0 Å². The summed E-state index contributed by atoms with van der Waals surface area (Å²) in [6.45, 7) is 5.70. The summed E-state index contributed by atoms with van der Waals surface area (Å²) >= 11 is 0. The second-order valence-corrected chi connectivity index (χ2v) is 4.72. The molecule has 0 radical (unpaired) electrons. The zero-order valence-electron chi connectivity index (χ0n) is 10.2. The Hall–Kier alpha value is -0.120. The van der Waals surface area contributed by atoms with Crippen LogP contribution in [0, 0.1) is 0 Å². The highest BCUT2D eigenvalue weighted by atomic mass is 16.3. The van der Waals surface area contributed by atoms with Gasteiger partial charge in [0.05, 0.1) is 6.61 Å². The van der Waals surface area contributed by atoms with Gasteiger partial charge in [-0.1, -0.05) is 20.3 Å². The Balaban J connectivity index is 2.59. The van der Waals surface area contributed by atoms with Crippen molar-refractivity contribution in [3.8, 4) is 0 Å². The molecule has 3 heteroatoms. The largest absolute Gasteiger partial charge is 0.395 e. The summed E-state index contributed by atoms with van der Waals surface area (Å²) in [6.07, 6.45) is 5.71. The lowest BCUT2D eigenvalue weighted by Gasteiger charge is -2.42. The highest BCUT2D eigenvalue weighted by Gasteiger charge is 2.29. The van der Waals surface area contributed by atoms with Crippen LogP contribution < -0.4 is 5.73 Å². The molecule has 1 fully saturated rings. The van der Waals surface area contributed by atoms with Gasteiger partial charge in [0.2, 0.25) is 0 Å². The van der Waals surface area contributed by atoms with Crippen LogP contribution in [-0.4, -0.2) is 41.3 Å². The highest BCUT2D eigenvalue weighted by Crippen LogP contribution is 2.22. The van der Waals surface area contributed by atoms with Gasteiger partial charge in [-0.25, -0.2) is 0 Å². The summed E-state index contributed by atoms with van der Waals surface area (Å²) in [4.78, 5) is 2.44. The molecule has 0 aromatic heterocycles. The summed E-state index contributed by atoms with van der Waals surface area (Å²) in [7, 11) is 0. The molecule has 1 aliphatic heterocycles. The minimum Gasteiger partial charge on any atom is -0.395 e. The molecule has 15 heavy (non-hydrogen) atoms. The minimum absolute atomic E-state index is 0.285. The minimum atomic E-state index is 0.285. The van der Waals surface area contributed by atoms with Crippen molar-refractivity contribution in [1.82, 2.24) is 4.90 Å². The Morgan fingerprint density at radius 1 is 1.40 bits per heavy atom. The van der Waals surface area contributed by atoms with E-state index in [4.69, 9.17) is 5.73 Å². The van der Waals surface area contributed by atoms with Gasteiger partial charge in [0.15, 0.2) is 0 Å². The lowest BCUT2D eigenvalue weighted by atomic mass is 9.95. The predicted octanol–water partition coefficient (Wildman–Crippen LogP) is 1.35. The summed E-state index contributed by atoms with van der Waals surface area (Å²) in [5, 5.41) is 9.38.